The van der Waals surface area contributed by atoms with E-state index in [1.807, 2.05) is 0 Å². The van der Waals surface area contributed by atoms with Crippen molar-refractivity contribution in [3.63, 3.8) is 0 Å². The van der Waals surface area contributed by atoms with E-state index >= 15 is 0 Å². The average Bonchev–Trinajstić information content (AvgIpc) is 2.82. The Morgan fingerprint density at radius 1 is 0.533 bits per heavy atom. The van der Waals surface area contributed by atoms with Crippen molar-refractivity contribution < 1.29 is 0 Å². The minimum Gasteiger partial charge on any atom is -0.0620 e. The van der Waals surface area contributed by atoms with E-state index in [1.165, 1.54) is 79.0 Å². The van der Waals surface area contributed by atoms with E-state index in [2.05, 4.69) is 91.0 Å². The summed E-state index contributed by atoms with van der Waals surface area (Å²) in [4.78, 5) is 0. The molecule has 0 radical (unpaired) electrons. The molecule has 30 heavy (non-hydrogen) atoms. The Hall–Kier alpha value is -3.38. The molecule has 0 nitrogen and oxygen atoms in total. The molecule has 0 amide bonds. The molecule has 0 spiro atoms. The predicted octanol–water partition coefficient (Wildman–Crippen LogP) is 8.21. The molecule has 7 rings (SSSR count). The third-order valence-electron chi connectivity index (χ3n) is 7.29. The molecule has 1 aliphatic carbocycles. The number of hydrogen-bond donors (Lipinski definition) is 0. The molecule has 6 aromatic carbocycles. The Labute approximate surface area is 176 Å². The lowest BCUT2D eigenvalue weighted by molar-refractivity contribution is 0.621. The largest absolute Gasteiger partial charge is 0.0620 e. The summed E-state index contributed by atoms with van der Waals surface area (Å²) >= 11 is 0. The quantitative estimate of drug-likeness (QED) is 0.198. The highest BCUT2D eigenvalue weighted by Crippen LogP contribution is 2.47. The number of hydrogen-bond acceptors (Lipinski definition) is 0. The first-order chi connectivity index (χ1) is 14.9. The zero-order valence-corrected chi connectivity index (χ0v) is 16.9. The normalized spacial score (nSPS) is 16.6. The van der Waals surface area contributed by atoms with Gasteiger partial charge in [0, 0.05) is 5.92 Å². The van der Waals surface area contributed by atoms with Crippen LogP contribution in [0.3, 0.4) is 0 Å². The summed E-state index contributed by atoms with van der Waals surface area (Å²) in [5.74, 6) is 0.462. The fourth-order valence-electron chi connectivity index (χ4n) is 6.06. The molecular weight excluding hydrogens is 360 g/mol. The lowest BCUT2D eigenvalue weighted by Gasteiger charge is -2.29. The van der Waals surface area contributed by atoms with Crippen LogP contribution in [0.1, 0.15) is 35.4 Å². The SMILES string of the molecule is c1ccc2c(c1)CCCC2c1c2ccccc2c2ccc3cccc4ccc1c2c43. The van der Waals surface area contributed by atoms with Crippen LogP contribution in [0.2, 0.25) is 0 Å². The van der Waals surface area contributed by atoms with Crippen LogP contribution in [0.4, 0.5) is 0 Å². The summed E-state index contributed by atoms with van der Waals surface area (Å²) < 4.78 is 0. The first kappa shape index (κ1) is 16.4. The van der Waals surface area contributed by atoms with E-state index in [0.717, 1.165) is 0 Å². The number of aryl methyl sites for hydroxylation is 1. The Morgan fingerprint density at radius 2 is 1.27 bits per heavy atom. The highest BCUT2D eigenvalue weighted by Gasteiger charge is 2.26. The standard InChI is InChI=1S/C30H22/c1-2-11-22-19(7-1)8-6-14-24(22)29-25-13-4-3-12-23(25)26-17-15-20-9-5-10-21-16-18-27(29)30(26)28(20)21/h1-5,7,9-13,15-18,24H,6,8,14H2. The van der Waals surface area contributed by atoms with Crippen molar-refractivity contribution in [2.45, 2.75) is 25.2 Å². The molecular formula is C30H22. The van der Waals surface area contributed by atoms with E-state index in [4.69, 9.17) is 0 Å². The molecule has 0 saturated heterocycles. The van der Waals surface area contributed by atoms with Gasteiger partial charge in [0.15, 0.2) is 0 Å². The van der Waals surface area contributed by atoms with Crippen molar-refractivity contribution in [1.29, 1.82) is 0 Å². The molecule has 0 N–H and O–H groups in total. The van der Waals surface area contributed by atoms with Crippen LogP contribution in [-0.4, -0.2) is 0 Å². The van der Waals surface area contributed by atoms with Crippen LogP contribution in [0, 0.1) is 0 Å². The third-order valence-corrected chi connectivity index (χ3v) is 7.29. The monoisotopic (exact) mass is 382 g/mol. The Kier molecular flexibility index (Phi) is 3.32. The second-order valence-corrected chi connectivity index (χ2v) is 8.78. The molecule has 0 saturated carbocycles. The molecule has 0 aliphatic heterocycles. The van der Waals surface area contributed by atoms with Gasteiger partial charge in [0.1, 0.15) is 0 Å². The fourth-order valence-corrected chi connectivity index (χ4v) is 6.06. The fraction of sp³-hybridized carbons (Fsp3) is 0.133. The van der Waals surface area contributed by atoms with Crippen molar-refractivity contribution in [1.82, 2.24) is 0 Å². The number of benzene rings is 6. The number of fused-ring (bicyclic) bond motifs is 3. The van der Waals surface area contributed by atoms with E-state index in [-0.39, 0.29) is 0 Å². The van der Waals surface area contributed by atoms with Crippen LogP contribution >= 0.6 is 0 Å². The second kappa shape index (κ2) is 6.06. The van der Waals surface area contributed by atoms with Gasteiger partial charge in [0.05, 0.1) is 0 Å². The molecule has 1 atom stereocenters. The average molecular weight is 383 g/mol. The van der Waals surface area contributed by atoms with E-state index in [1.54, 1.807) is 0 Å². The summed E-state index contributed by atoms with van der Waals surface area (Å²) in [5, 5.41) is 11.2. The van der Waals surface area contributed by atoms with Gasteiger partial charge in [-0.3, -0.25) is 0 Å². The van der Waals surface area contributed by atoms with E-state index in [0.29, 0.717) is 5.92 Å². The maximum Gasteiger partial charge on any atom is 0.0104 e. The van der Waals surface area contributed by atoms with E-state index < -0.39 is 0 Å². The van der Waals surface area contributed by atoms with Crippen LogP contribution in [0.25, 0.3) is 43.1 Å². The molecule has 0 fully saturated rings. The third kappa shape index (κ3) is 2.11. The van der Waals surface area contributed by atoms with Gasteiger partial charge in [-0.2, -0.15) is 0 Å². The van der Waals surface area contributed by atoms with Gasteiger partial charge in [-0.1, -0.05) is 91.0 Å². The molecule has 0 aromatic heterocycles. The van der Waals surface area contributed by atoms with Gasteiger partial charge in [0.25, 0.3) is 0 Å². The molecule has 6 aromatic rings. The van der Waals surface area contributed by atoms with Gasteiger partial charge < -0.3 is 0 Å². The van der Waals surface area contributed by atoms with Crippen LogP contribution in [-0.2, 0) is 6.42 Å². The van der Waals surface area contributed by atoms with Gasteiger partial charge >= 0.3 is 0 Å². The Bertz CT molecular complexity index is 1550. The zero-order chi connectivity index (χ0) is 19.7. The topological polar surface area (TPSA) is 0 Å². The van der Waals surface area contributed by atoms with Crippen molar-refractivity contribution in [3.8, 4) is 0 Å². The summed E-state index contributed by atoms with van der Waals surface area (Å²) in [6.45, 7) is 0. The van der Waals surface area contributed by atoms with Crippen LogP contribution in [0.5, 0.6) is 0 Å². The van der Waals surface area contributed by atoms with Gasteiger partial charge in [-0.15, -0.1) is 0 Å². The van der Waals surface area contributed by atoms with Crippen molar-refractivity contribution in [3.05, 3.63) is 108 Å². The minimum absolute atomic E-state index is 0.462. The summed E-state index contributed by atoms with van der Waals surface area (Å²) in [7, 11) is 0. The summed E-state index contributed by atoms with van der Waals surface area (Å²) in [5.41, 5.74) is 4.59. The van der Waals surface area contributed by atoms with Gasteiger partial charge in [0.2, 0.25) is 0 Å². The van der Waals surface area contributed by atoms with Crippen molar-refractivity contribution in [2.24, 2.45) is 0 Å². The summed E-state index contributed by atoms with van der Waals surface area (Å²) in [6.07, 6.45) is 3.69. The predicted molar refractivity (Wildman–Crippen MR) is 129 cm³/mol. The second-order valence-electron chi connectivity index (χ2n) is 8.78. The first-order valence-electron chi connectivity index (χ1n) is 11.1. The molecule has 0 heterocycles. The van der Waals surface area contributed by atoms with Gasteiger partial charge in [-0.25, -0.2) is 0 Å². The van der Waals surface area contributed by atoms with Gasteiger partial charge in [-0.05, 0) is 79.0 Å². The molecule has 0 heteroatoms. The van der Waals surface area contributed by atoms with Crippen molar-refractivity contribution in [2.75, 3.05) is 0 Å². The Morgan fingerprint density at radius 3 is 2.13 bits per heavy atom. The minimum atomic E-state index is 0.462. The molecule has 142 valence electrons. The lowest BCUT2D eigenvalue weighted by Crippen LogP contribution is -2.12. The van der Waals surface area contributed by atoms with Crippen molar-refractivity contribution >= 4 is 43.1 Å². The molecule has 0 bridgehead atoms. The van der Waals surface area contributed by atoms with Crippen LogP contribution in [0.15, 0.2) is 91.0 Å². The zero-order valence-electron chi connectivity index (χ0n) is 16.9. The van der Waals surface area contributed by atoms with E-state index in [9.17, 15) is 0 Å². The smallest absolute Gasteiger partial charge is 0.0104 e. The summed E-state index contributed by atoms with van der Waals surface area (Å²) in [6, 6.07) is 34.2. The van der Waals surface area contributed by atoms with Crippen LogP contribution < -0.4 is 0 Å². The Balaban J connectivity index is 1.71. The molecule has 1 unspecified atom stereocenters. The number of rotatable bonds is 1. The lowest BCUT2D eigenvalue weighted by atomic mass is 9.75. The maximum absolute atomic E-state index is 2.39. The molecule has 1 aliphatic rings. The highest BCUT2D eigenvalue weighted by atomic mass is 14.3. The first-order valence-corrected chi connectivity index (χ1v) is 11.1. The maximum atomic E-state index is 2.39. The highest BCUT2D eigenvalue weighted by molar-refractivity contribution is 6.30.